The van der Waals surface area contributed by atoms with Crippen LogP contribution >= 0.6 is 0 Å². The van der Waals surface area contributed by atoms with E-state index in [0.717, 1.165) is 0 Å². The first-order valence-electron chi connectivity index (χ1n) is 6.06. The molecule has 6 heteroatoms. The maximum atomic E-state index is 11.0. The van der Waals surface area contributed by atoms with Crippen LogP contribution in [-0.2, 0) is 28.6 Å². The van der Waals surface area contributed by atoms with Gasteiger partial charge in [-0.05, 0) is 12.2 Å². The SMILES string of the molecule is CC(=O)OC1C[C@H](OC(C)=O)C=C[C@H](OC(C)=O)C1. The van der Waals surface area contributed by atoms with Crippen molar-refractivity contribution in [3.63, 3.8) is 0 Å². The lowest BCUT2D eigenvalue weighted by Gasteiger charge is -2.20. The summed E-state index contributed by atoms with van der Waals surface area (Å²) in [5.74, 6) is -1.25. The molecular weight excluding hydrogens is 252 g/mol. The molecule has 0 saturated heterocycles. The Balaban J connectivity index is 2.74. The summed E-state index contributed by atoms with van der Waals surface area (Å²) in [5.41, 5.74) is 0. The van der Waals surface area contributed by atoms with E-state index in [-0.39, 0.29) is 0 Å². The van der Waals surface area contributed by atoms with E-state index in [4.69, 9.17) is 14.2 Å². The Hall–Kier alpha value is -1.85. The third-order valence-corrected chi connectivity index (χ3v) is 2.50. The number of rotatable bonds is 3. The lowest BCUT2D eigenvalue weighted by molar-refractivity contribution is -0.152. The number of ether oxygens (including phenoxy) is 3. The standard InChI is InChI=1S/C13H18O6/c1-8(14)17-11-4-5-12(18-9(2)15)7-13(6-11)19-10(3)16/h4-5,11-13H,6-7H2,1-3H3/t11-,12+,13?. The van der Waals surface area contributed by atoms with Crippen LogP contribution in [0.2, 0.25) is 0 Å². The van der Waals surface area contributed by atoms with Gasteiger partial charge < -0.3 is 14.2 Å². The average Bonchev–Trinajstić information content (AvgIpc) is 2.38. The zero-order chi connectivity index (χ0) is 14.4. The minimum absolute atomic E-state index is 0.355. The van der Waals surface area contributed by atoms with Crippen molar-refractivity contribution in [1.82, 2.24) is 0 Å². The minimum Gasteiger partial charge on any atom is -0.462 e. The molecule has 0 saturated carbocycles. The fraction of sp³-hybridized carbons (Fsp3) is 0.615. The van der Waals surface area contributed by atoms with Gasteiger partial charge in [0, 0.05) is 33.6 Å². The summed E-state index contributed by atoms with van der Waals surface area (Å²) in [6.45, 7) is 3.92. The Morgan fingerprint density at radius 3 is 1.47 bits per heavy atom. The smallest absolute Gasteiger partial charge is 0.303 e. The first-order chi connectivity index (χ1) is 8.86. The molecule has 0 aromatic rings. The highest BCUT2D eigenvalue weighted by Crippen LogP contribution is 2.20. The van der Waals surface area contributed by atoms with Crippen LogP contribution in [0, 0.1) is 0 Å². The minimum atomic E-state index is -0.484. The van der Waals surface area contributed by atoms with Crippen molar-refractivity contribution in [2.45, 2.75) is 51.9 Å². The molecule has 0 heterocycles. The van der Waals surface area contributed by atoms with Gasteiger partial charge in [-0.3, -0.25) is 14.4 Å². The molecule has 1 aliphatic rings. The van der Waals surface area contributed by atoms with Crippen molar-refractivity contribution in [2.24, 2.45) is 0 Å². The Morgan fingerprint density at radius 1 is 0.789 bits per heavy atom. The van der Waals surface area contributed by atoms with E-state index in [1.54, 1.807) is 12.2 Å². The van der Waals surface area contributed by atoms with Gasteiger partial charge in [-0.2, -0.15) is 0 Å². The molecule has 19 heavy (non-hydrogen) atoms. The molecule has 3 atom stereocenters. The molecule has 6 nitrogen and oxygen atoms in total. The maximum Gasteiger partial charge on any atom is 0.303 e. The highest BCUT2D eigenvalue weighted by atomic mass is 16.6. The van der Waals surface area contributed by atoms with E-state index in [0.29, 0.717) is 12.8 Å². The molecule has 106 valence electrons. The molecule has 0 amide bonds. The largest absolute Gasteiger partial charge is 0.462 e. The van der Waals surface area contributed by atoms with E-state index in [1.807, 2.05) is 0 Å². The van der Waals surface area contributed by atoms with E-state index in [2.05, 4.69) is 0 Å². The number of carbonyl (C=O) groups is 3. The summed E-state index contributed by atoms with van der Waals surface area (Å²) in [5, 5.41) is 0. The third kappa shape index (κ3) is 6.03. The van der Waals surface area contributed by atoms with Gasteiger partial charge in [-0.1, -0.05) is 0 Å². The van der Waals surface area contributed by atoms with Crippen molar-refractivity contribution in [3.05, 3.63) is 12.2 Å². The molecule has 1 unspecified atom stereocenters. The highest BCUT2D eigenvalue weighted by Gasteiger charge is 2.27. The second-order valence-electron chi connectivity index (χ2n) is 4.38. The Morgan fingerprint density at radius 2 is 1.16 bits per heavy atom. The van der Waals surface area contributed by atoms with Gasteiger partial charge >= 0.3 is 17.9 Å². The molecule has 0 aromatic carbocycles. The van der Waals surface area contributed by atoms with Gasteiger partial charge in [-0.25, -0.2) is 0 Å². The fourth-order valence-corrected chi connectivity index (χ4v) is 1.95. The lowest BCUT2D eigenvalue weighted by Crippen LogP contribution is -2.26. The molecule has 0 aromatic heterocycles. The van der Waals surface area contributed by atoms with E-state index >= 15 is 0 Å². The predicted octanol–water partition coefficient (Wildman–Crippen LogP) is 1.13. The number of carbonyl (C=O) groups excluding carboxylic acids is 3. The molecule has 1 rings (SSSR count). The summed E-state index contributed by atoms with van der Waals surface area (Å²) in [4.78, 5) is 33.0. The van der Waals surface area contributed by atoms with Crippen LogP contribution in [0.3, 0.4) is 0 Å². The summed E-state index contributed by atoms with van der Waals surface area (Å²) in [6.07, 6.45) is 2.59. The molecular formula is C13H18O6. The third-order valence-electron chi connectivity index (χ3n) is 2.50. The normalized spacial score (nSPS) is 26.2. The monoisotopic (exact) mass is 270 g/mol. The Labute approximate surface area is 111 Å². The molecule has 0 radical (unpaired) electrons. The number of hydrogen-bond donors (Lipinski definition) is 0. The second-order valence-corrected chi connectivity index (χ2v) is 4.38. The van der Waals surface area contributed by atoms with Crippen LogP contribution < -0.4 is 0 Å². The molecule has 0 aliphatic heterocycles. The molecule has 0 N–H and O–H groups in total. The molecule has 0 bridgehead atoms. The van der Waals surface area contributed by atoms with Crippen molar-refractivity contribution in [2.75, 3.05) is 0 Å². The van der Waals surface area contributed by atoms with Crippen LogP contribution in [0.5, 0.6) is 0 Å². The summed E-state index contributed by atoms with van der Waals surface area (Å²) >= 11 is 0. The lowest BCUT2D eigenvalue weighted by atomic mass is 10.1. The topological polar surface area (TPSA) is 78.9 Å². The van der Waals surface area contributed by atoms with Gasteiger partial charge in [0.1, 0.15) is 18.3 Å². The van der Waals surface area contributed by atoms with Crippen LogP contribution in [0.4, 0.5) is 0 Å². The van der Waals surface area contributed by atoms with Gasteiger partial charge in [0.15, 0.2) is 0 Å². The van der Waals surface area contributed by atoms with E-state index < -0.39 is 36.2 Å². The summed E-state index contributed by atoms with van der Waals surface area (Å²) in [7, 11) is 0. The van der Waals surface area contributed by atoms with Gasteiger partial charge in [-0.15, -0.1) is 0 Å². The van der Waals surface area contributed by atoms with Gasteiger partial charge in [0.25, 0.3) is 0 Å². The van der Waals surface area contributed by atoms with Crippen LogP contribution in [0.1, 0.15) is 33.6 Å². The van der Waals surface area contributed by atoms with Crippen molar-refractivity contribution < 1.29 is 28.6 Å². The Bertz CT molecular complexity index is 359. The van der Waals surface area contributed by atoms with E-state index in [9.17, 15) is 14.4 Å². The van der Waals surface area contributed by atoms with Crippen molar-refractivity contribution in [1.29, 1.82) is 0 Å². The number of hydrogen-bond acceptors (Lipinski definition) is 6. The van der Waals surface area contributed by atoms with Crippen LogP contribution in [0.25, 0.3) is 0 Å². The van der Waals surface area contributed by atoms with Gasteiger partial charge in [0.05, 0.1) is 0 Å². The summed E-state index contributed by atoms with van der Waals surface area (Å²) in [6, 6.07) is 0. The maximum absolute atomic E-state index is 11.0. The molecule has 1 aliphatic carbocycles. The van der Waals surface area contributed by atoms with Crippen molar-refractivity contribution in [3.8, 4) is 0 Å². The molecule has 0 fully saturated rings. The van der Waals surface area contributed by atoms with Crippen LogP contribution in [0.15, 0.2) is 12.2 Å². The second kappa shape index (κ2) is 6.92. The zero-order valence-corrected chi connectivity index (χ0v) is 11.3. The predicted molar refractivity (Wildman–Crippen MR) is 65.0 cm³/mol. The fourth-order valence-electron chi connectivity index (χ4n) is 1.95. The van der Waals surface area contributed by atoms with E-state index in [1.165, 1.54) is 20.8 Å². The first kappa shape index (κ1) is 15.2. The van der Waals surface area contributed by atoms with Gasteiger partial charge in [0.2, 0.25) is 0 Å². The highest BCUT2D eigenvalue weighted by molar-refractivity contribution is 5.67. The zero-order valence-electron chi connectivity index (χ0n) is 11.3. The Kier molecular flexibility index (Phi) is 5.54. The average molecular weight is 270 g/mol. The first-order valence-corrected chi connectivity index (χ1v) is 6.06. The van der Waals surface area contributed by atoms with Crippen LogP contribution in [-0.4, -0.2) is 36.2 Å². The summed E-state index contributed by atoms with van der Waals surface area (Å²) < 4.78 is 15.3. The molecule has 0 spiro atoms. The van der Waals surface area contributed by atoms with Crippen molar-refractivity contribution >= 4 is 17.9 Å². The quantitative estimate of drug-likeness (QED) is 0.434. The number of esters is 3.